The largest absolute Gasteiger partial charge is 0.486 e. The predicted octanol–water partition coefficient (Wildman–Crippen LogP) is 5.86. The number of hydrogen-bond donors (Lipinski definition) is 1. The summed E-state index contributed by atoms with van der Waals surface area (Å²) in [5, 5.41) is 9.19. The minimum Gasteiger partial charge on any atom is -0.486 e. The first-order chi connectivity index (χ1) is 18.5. The van der Waals surface area contributed by atoms with E-state index >= 15 is 0 Å². The number of fused-ring (bicyclic) bond motifs is 1. The number of sulfonamides is 1. The standard InChI is InChI=1S/C28H26F3NO6S/c1-16-3-2-4-24(7-16)39(35,36)32-15-23(10-17-8-20(9-17)27(33)34)37-26-6-5-18(13-25(26)32)19-11-21(29)14-22(12-19)38-28(30)31/h2-7,11-14,17,20,23,28H,8-10,15H2,1H3,(H,33,34)/t17?,20?,23-/m0/s1. The predicted molar refractivity (Wildman–Crippen MR) is 137 cm³/mol. The number of carboxylic acids is 1. The Balaban J connectivity index is 1.52. The zero-order valence-corrected chi connectivity index (χ0v) is 21.7. The number of aliphatic carboxylic acids is 1. The molecule has 1 aliphatic carbocycles. The molecular weight excluding hydrogens is 535 g/mol. The van der Waals surface area contributed by atoms with E-state index in [1.165, 1.54) is 22.5 Å². The van der Waals surface area contributed by atoms with Gasteiger partial charge in [-0.05, 0) is 85.2 Å². The third kappa shape index (κ3) is 5.68. The van der Waals surface area contributed by atoms with Gasteiger partial charge < -0.3 is 14.6 Å². The highest BCUT2D eigenvalue weighted by Gasteiger charge is 2.40. The van der Waals surface area contributed by atoms with Gasteiger partial charge in [-0.3, -0.25) is 9.10 Å². The second kappa shape index (κ2) is 10.4. The van der Waals surface area contributed by atoms with Crippen LogP contribution in [0.25, 0.3) is 11.1 Å². The Morgan fingerprint density at radius 1 is 1.10 bits per heavy atom. The summed E-state index contributed by atoms with van der Waals surface area (Å²) in [6, 6.07) is 14.4. The summed E-state index contributed by atoms with van der Waals surface area (Å²) in [7, 11) is -4.05. The van der Waals surface area contributed by atoms with Crippen molar-refractivity contribution in [3.8, 4) is 22.6 Å². The number of aryl methyl sites for hydroxylation is 1. The number of anilines is 1. The Bertz CT molecular complexity index is 1510. The van der Waals surface area contributed by atoms with Crippen LogP contribution in [0, 0.1) is 24.6 Å². The average molecular weight is 562 g/mol. The summed E-state index contributed by atoms with van der Waals surface area (Å²) in [6.45, 7) is -1.36. The van der Waals surface area contributed by atoms with E-state index in [4.69, 9.17) is 4.74 Å². The first-order valence-electron chi connectivity index (χ1n) is 12.4. The molecule has 0 bridgehead atoms. The maximum atomic E-state index is 14.2. The van der Waals surface area contributed by atoms with Gasteiger partial charge in [0.2, 0.25) is 0 Å². The van der Waals surface area contributed by atoms with E-state index < -0.39 is 40.4 Å². The quantitative estimate of drug-likeness (QED) is 0.370. The maximum Gasteiger partial charge on any atom is 0.387 e. The van der Waals surface area contributed by atoms with E-state index in [0.717, 1.165) is 17.7 Å². The van der Waals surface area contributed by atoms with Crippen LogP contribution in [0.1, 0.15) is 24.8 Å². The first-order valence-corrected chi connectivity index (χ1v) is 13.8. The molecule has 3 aromatic carbocycles. The van der Waals surface area contributed by atoms with Crippen LogP contribution in [0.15, 0.2) is 65.6 Å². The molecule has 0 spiro atoms. The lowest BCUT2D eigenvalue weighted by molar-refractivity contribution is -0.146. The summed E-state index contributed by atoms with van der Waals surface area (Å²) in [4.78, 5) is 11.3. The number of carboxylic acid groups (broad SMARTS) is 1. The molecule has 11 heteroatoms. The van der Waals surface area contributed by atoms with E-state index in [-0.39, 0.29) is 34.4 Å². The van der Waals surface area contributed by atoms with Crippen molar-refractivity contribution in [3.05, 3.63) is 72.0 Å². The van der Waals surface area contributed by atoms with Crippen LogP contribution >= 0.6 is 0 Å². The average Bonchev–Trinajstić information content (AvgIpc) is 2.84. The zero-order chi connectivity index (χ0) is 27.9. The molecule has 1 fully saturated rings. The Hall–Kier alpha value is -3.73. The van der Waals surface area contributed by atoms with Crippen molar-refractivity contribution in [3.63, 3.8) is 0 Å². The lowest BCUT2D eigenvalue weighted by Crippen LogP contribution is -2.45. The van der Waals surface area contributed by atoms with E-state index in [1.807, 2.05) is 0 Å². The second-order valence-electron chi connectivity index (χ2n) is 9.94. The highest BCUT2D eigenvalue weighted by molar-refractivity contribution is 7.92. The SMILES string of the molecule is Cc1cccc(S(=O)(=O)N2C[C@H](CC3CC(C(=O)O)C3)Oc3ccc(-c4cc(F)cc(OC(F)F)c4)cc32)c1. The van der Waals surface area contributed by atoms with Gasteiger partial charge >= 0.3 is 12.6 Å². The fourth-order valence-corrected chi connectivity index (χ4v) is 6.75. The van der Waals surface area contributed by atoms with Crippen molar-refractivity contribution in [1.29, 1.82) is 0 Å². The molecule has 3 aromatic rings. The lowest BCUT2D eigenvalue weighted by Gasteiger charge is -2.40. The number of alkyl halides is 2. The molecule has 5 rings (SSSR count). The van der Waals surface area contributed by atoms with Gasteiger partial charge in [0, 0.05) is 6.07 Å². The fourth-order valence-electron chi connectivity index (χ4n) is 5.15. The van der Waals surface area contributed by atoms with Gasteiger partial charge in [0.1, 0.15) is 23.4 Å². The van der Waals surface area contributed by atoms with E-state index in [0.29, 0.717) is 30.6 Å². The number of hydrogen-bond acceptors (Lipinski definition) is 5. The Morgan fingerprint density at radius 2 is 1.87 bits per heavy atom. The number of ether oxygens (including phenoxy) is 2. The number of halogens is 3. The monoisotopic (exact) mass is 561 g/mol. The van der Waals surface area contributed by atoms with Crippen molar-refractivity contribution in [2.24, 2.45) is 11.8 Å². The number of nitrogens with zero attached hydrogens (tertiary/aromatic N) is 1. The number of carbonyl (C=O) groups is 1. The molecule has 1 atom stereocenters. The first kappa shape index (κ1) is 26.9. The number of rotatable bonds is 8. The van der Waals surface area contributed by atoms with Crippen LogP contribution in [0.2, 0.25) is 0 Å². The Labute approximate surface area is 223 Å². The highest BCUT2D eigenvalue weighted by atomic mass is 32.2. The molecule has 7 nitrogen and oxygen atoms in total. The summed E-state index contributed by atoms with van der Waals surface area (Å²) >= 11 is 0. The van der Waals surface area contributed by atoms with Gasteiger partial charge in [0.15, 0.2) is 0 Å². The van der Waals surface area contributed by atoms with Crippen molar-refractivity contribution in [2.45, 2.75) is 43.8 Å². The van der Waals surface area contributed by atoms with E-state index in [2.05, 4.69) is 4.74 Å². The lowest BCUT2D eigenvalue weighted by atomic mass is 9.72. The van der Waals surface area contributed by atoms with Crippen LogP contribution < -0.4 is 13.8 Å². The van der Waals surface area contributed by atoms with Gasteiger partial charge in [-0.15, -0.1) is 0 Å². The molecule has 1 heterocycles. The molecule has 0 unspecified atom stereocenters. The topological polar surface area (TPSA) is 93.1 Å². The Kier molecular flexibility index (Phi) is 7.19. The van der Waals surface area contributed by atoms with E-state index in [9.17, 15) is 31.5 Å². The van der Waals surface area contributed by atoms with Crippen molar-refractivity contribution < 1.29 is 41.0 Å². The normalized spacial score (nSPS) is 20.6. The smallest absolute Gasteiger partial charge is 0.387 e. The number of benzene rings is 3. The van der Waals surface area contributed by atoms with Crippen LogP contribution in [-0.2, 0) is 14.8 Å². The molecular formula is C28H26F3NO6S. The molecule has 206 valence electrons. The molecule has 0 aromatic heterocycles. The summed E-state index contributed by atoms with van der Waals surface area (Å²) in [5.74, 6) is -2.00. The third-order valence-electron chi connectivity index (χ3n) is 7.08. The molecule has 0 radical (unpaired) electrons. The molecule has 0 amide bonds. The van der Waals surface area contributed by atoms with Crippen molar-refractivity contribution >= 4 is 21.7 Å². The summed E-state index contributed by atoms with van der Waals surface area (Å²) in [5.41, 5.74) is 1.58. The fraction of sp³-hybridized carbons (Fsp3) is 0.321. The minimum atomic E-state index is -4.05. The highest BCUT2D eigenvalue weighted by Crippen LogP contribution is 2.44. The zero-order valence-electron chi connectivity index (χ0n) is 20.9. The van der Waals surface area contributed by atoms with Gasteiger partial charge in [0.25, 0.3) is 10.0 Å². The van der Waals surface area contributed by atoms with Gasteiger partial charge in [-0.2, -0.15) is 8.78 Å². The van der Waals surface area contributed by atoms with Crippen molar-refractivity contribution in [2.75, 3.05) is 10.8 Å². The second-order valence-corrected chi connectivity index (χ2v) is 11.8. The summed E-state index contributed by atoms with van der Waals surface area (Å²) < 4.78 is 79.2. The molecule has 39 heavy (non-hydrogen) atoms. The van der Waals surface area contributed by atoms with Crippen LogP contribution in [0.3, 0.4) is 0 Å². The van der Waals surface area contributed by atoms with Gasteiger partial charge in [-0.1, -0.05) is 18.2 Å². The van der Waals surface area contributed by atoms with Gasteiger partial charge in [-0.25, -0.2) is 12.8 Å². The third-order valence-corrected chi connectivity index (χ3v) is 8.85. The van der Waals surface area contributed by atoms with Gasteiger partial charge in [0.05, 0.1) is 23.0 Å². The van der Waals surface area contributed by atoms with Crippen LogP contribution in [0.5, 0.6) is 11.5 Å². The van der Waals surface area contributed by atoms with E-state index in [1.54, 1.807) is 37.3 Å². The Morgan fingerprint density at radius 3 is 2.56 bits per heavy atom. The molecule has 1 saturated carbocycles. The molecule has 2 aliphatic rings. The molecule has 1 aliphatic heterocycles. The van der Waals surface area contributed by atoms with Crippen molar-refractivity contribution in [1.82, 2.24) is 0 Å². The molecule has 0 saturated heterocycles. The van der Waals surface area contributed by atoms with Crippen LogP contribution in [0.4, 0.5) is 18.9 Å². The minimum absolute atomic E-state index is 0.0101. The van der Waals surface area contributed by atoms with Crippen LogP contribution in [-0.4, -0.2) is 38.8 Å². The summed E-state index contributed by atoms with van der Waals surface area (Å²) in [6.07, 6.45) is 0.994. The maximum absolute atomic E-state index is 14.2. The molecule has 1 N–H and O–H groups in total.